The summed E-state index contributed by atoms with van der Waals surface area (Å²) in [6.07, 6.45) is 6.48. The lowest BCUT2D eigenvalue weighted by Crippen LogP contribution is -2.34. The van der Waals surface area contributed by atoms with Gasteiger partial charge in [0.2, 0.25) is 0 Å². The van der Waals surface area contributed by atoms with Crippen molar-refractivity contribution in [3.63, 3.8) is 0 Å². The summed E-state index contributed by atoms with van der Waals surface area (Å²) in [4.78, 5) is 5.88. The highest BCUT2D eigenvalue weighted by atomic mass is 15.1. The molecule has 1 atom stereocenters. The fourth-order valence-corrected chi connectivity index (χ4v) is 3.73. The van der Waals surface area contributed by atoms with Gasteiger partial charge < -0.3 is 4.98 Å². The van der Waals surface area contributed by atoms with E-state index in [4.69, 9.17) is 0 Å². The van der Waals surface area contributed by atoms with Crippen molar-refractivity contribution in [2.45, 2.75) is 32.2 Å². The Hall–Kier alpha value is -2.07. The van der Waals surface area contributed by atoms with Crippen LogP contribution in [0.2, 0.25) is 0 Å². The Balaban J connectivity index is 1.53. The van der Waals surface area contributed by atoms with Gasteiger partial charge in [-0.1, -0.05) is 12.1 Å². The number of benzene rings is 1. The number of rotatable bonds is 3. The lowest BCUT2D eigenvalue weighted by Gasteiger charge is -2.32. The Morgan fingerprint density at radius 3 is 3.14 bits per heavy atom. The van der Waals surface area contributed by atoms with Crippen molar-refractivity contribution < 1.29 is 0 Å². The summed E-state index contributed by atoms with van der Waals surface area (Å²) >= 11 is 0. The highest BCUT2D eigenvalue weighted by molar-refractivity contribution is 5.82. The fraction of sp³-hybridized carbons (Fsp3) is 0.389. The normalized spacial score (nSPS) is 19.8. The van der Waals surface area contributed by atoms with Crippen LogP contribution in [0.5, 0.6) is 0 Å². The molecule has 22 heavy (non-hydrogen) atoms. The zero-order valence-corrected chi connectivity index (χ0v) is 13.0. The van der Waals surface area contributed by atoms with Crippen molar-refractivity contribution in [1.82, 2.24) is 20.1 Å². The minimum atomic E-state index is 0.585. The van der Waals surface area contributed by atoms with Gasteiger partial charge in [0.05, 0.1) is 6.20 Å². The Bertz CT molecular complexity index is 770. The summed E-state index contributed by atoms with van der Waals surface area (Å²) in [5.74, 6) is 0.585. The highest BCUT2D eigenvalue weighted by Gasteiger charge is 2.24. The van der Waals surface area contributed by atoms with Gasteiger partial charge in [-0.15, -0.1) is 0 Å². The number of hydrogen-bond donors (Lipinski definition) is 2. The molecule has 1 aliphatic rings. The maximum Gasteiger partial charge on any atom is 0.0519 e. The summed E-state index contributed by atoms with van der Waals surface area (Å²) in [5.41, 5.74) is 5.26. The monoisotopic (exact) mass is 294 g/mol. The molecule has 1 aliphatic heterocycles. The summed E-state index contributed by atoms with van der Waals surface area (Å²) in [6.45, 7) is 5.48. The van der Waals surface area contributed by atoms with Crippen LogP contribution in [0.4, 0.5) is 0 Å². The van der Waals surface area contributed by atoms with E-state index in [9.17, 15) is 0 Å². The molecular formula is C18H22N4. The van der Waals surface area contributed by atoms with E-state index in [1.807, 2.05) is 12.4 Å². The molecule has 3 heterocycles. The van der Waals surface area contributed by atoms with E-state index >= 15 is 0 Å². The molecule has 0 saturated carbocycles. The van der Waals surface area contributed by atoms with Crippen LogP contribution in [0.1, 0.15) is 35.6 Å². The number of aromatic nitrogens is 3. The van der Waals surface area contributed by atoms with Crippen molar-refractivity contribution >= 4 is 10.9 Å². The first-order chi connectivity index (χ1) is 10.8. The molecule has 4 rings (SSSR count). The van der Waals surface area contributed by atoms with E-state index in [0.717, 1.165) is 13.1 Å². The first-order valence-electron chi connectivity index (χ1n) is 8.08. The second kappa shape index (κ2) is 5.61. The number of fused-ring (bicyclic) bond motifs is 1. The Morgan fingerprint density at radius 1 is 1.32 bits per heavy atom. The molecule has 114 valence electrons. The lowest BCUT2D eigenvalue weighted by molar-refractivity contribution is 0.199. The third kappa shape index (κ3) is 2.44. The predicted octanol–water partition coefficient (Wildman–Crippen LogP) is 3.58. The van der Waals surface area contributed by atoms with Gasteiger partial charge >= 0.3 is 0 Å². The fourth-order valence-electron chi connectivity index (χ4n) is 3.73. The number of likely N-dealkylation sites (tertiary alicyclic amines) is 1. The van der Waals surface area contributed by atoms with Crippen LogP contribution in [0, 0.1) is 6.92 Å². The minimum Gasteiger partial charge on any atom is -0.361 e. The Morgan fingerprint density at radius 2 is 2.27 bits per heavy atom. The Kier molecular flexibility index (Phi) is 3.47. The molecule has 1 aromatic carbocycles. The first-order valence-corrected chi connectivity index (χ1v) is 8.08. The zero-order valence-electron chi connectivity index (χ0n) is 13.0. The van der Waals surface area contributed by atoms with Gasteiger partial charge in [0, 0.05) is 41.8 Å². The number of nitrogens with one attached hydrogen (secondary N) is 2. The maximum absolute atomic E-state index is 4.19. The van der Waals surface area contributed by atoms with Crippen LogP contribution in [0.15, 0.2) is 36.7 Å². The predicted molar refractivity (Wildman–Crippen MR) is 88.9 cm³/mol. The SMILES string of the molecule is Cc1cn[nH]c1C1CCCN(Cc2cccc3[nH]ccc23)C1. The number of piperidine rings is 1. The van der Waals surface area contributed by atoms with E-state index in [0.29, 0.717) is 5.92 Å². The average Bonchev–Trinajstić information content (AvgIpc) is 3.17. The summed E-state index contributed by atoms with van der Waals surface area (Å²) < 4.78 is 0. The summed E-state index contributed by atoms with van der Waals surface area (Å²) in [6, 6.07) is 8.73. The van der Waals surface area contributed by atoms with Crippen LogP contribution in [-0.2, 0) is 6.54 Å². The van der Waals surface area contributed by atoms with Crippen molar-refractivity contribution in [3.8, 4) is 0 Å². The third-order valence-corrected chi connectivity index (χ3v) is 4.86. The average molecular weight is 294 g/mol. The van der Waals surface area contributed by atoms with Crippen molar-refractivity contribution in [3.05, 3.63) is 53.5 Å². The maximum atomic E-state index is 4.19. The van der Waals surface area contributed by atoms with E-state index < -0.39 is 0 Å². The van der Waals surface area contributed by atoms with Gasteiger partial charge in [-0.3, -0.25) is 10.00 Å². The van der Waals surface area contributed by atoms with Gasteiger partial charge in [0.1, 0.15) is 0 Å². The Labute approximate surface area is 130 Å². The van der Waals surface area contributed by atoms with Gasteiger partial charge in [-0.05, 0) is 49.6 Å². The van der Waals surface area contributed by atoms with Crippen LogP contribution in [-0.4, -0.2) is 33.2 Å². The number of aryl methyl sites for hydroxylation is 1. The van der Waals surface area contributed by atoms with Gasteiger partial charge in [-0.2, -0.15) is 5.10 Å². The molecule has 0 aliphatic carbocycles. The molecule has 1 unspecified atom stereocenters. The first kappa shape index (κ1) is 13.6. The van der Waals surface area contributed by atoms with E-state index in [1.54, 1.807) is 0 Å². The number of nitrogens with zero attached hydrogens (tertiary/aromatic N) is 2. The van der Waals surface area contributed by atoms with E-state index in [2.05, 4.69) is 51.3 Å². The molecule has 1 fully saturated rings. The molecular weight excluding hydrogens is 272 g/mol. The van der Waals surface area contributed by atoms with Crippen molar-refractivity contribution in [2.75, 3.05) is 13.1 Å². The van der Waals surface area contributed by atoms with Crippen LogP contribution in [0.3, 0.4) is 0 Å². The molecule has 2 N–H and O–H groups in total. The molecule has 0 spiro atoms. The van der Waals surface area contributed by atoms with Crippen molar-refractivity contribution in [2.24, 2.45) is 0 Å². The van der Waals surface area contributed by atoms with Crippen LogP contribution < -0.4 is 0 Å². The zero-order chi connectivity index (χ0) is 14.9. The minimum absolute atomic E-state index is 0.585. The summed E-state index contributed by atoms with van der Waals surface area (Å²) in [7, 11) is 0. The van der Waals surface area contributed by atoms with Gasteiger partial charge in [-0.25, -0.2) is 0 Å². The smallest absolute Gasteiger partial charge is 0.0519 e. The van der Waals surface area contributed by atoms with Crippen LogP contribution >= 0.6 is 0 Å². The number of aromatic amines is 2. The molecule has 3 aromatic rings. The second-order valence-electron chi connectivity index (χ2n) is 6.40. The number of hydrogen-bond acceptors (Lipinski definition) is 2. The molecule has 2 aromatic heterocycles. The molecule has 0 bridgehead atoms. The van der Waals surface area contributed by atoms with Crippen molar-refractivity contribution in [1.29, 1.82) is 0 Å². The van der Waals surface area contributed by atoms with Gasteiger partial charge in [0.25, 0.3) is 0 Å². The largest absolute Gasteiger partial charge is 0.361 e. The molecule has 4 nitrogen and oxygen atoms in total. The lowest BCUT2D eigenvalue weighted by atomic mass is 9.92. The second-order valence-corrected chi connectivity index (χ2v) is 6.40. The van der Waals surface area contributed by atoms with E-state index in [-0.39, 0.29) is 0 Å². The highest BCUT2D eigenvalue weighted by Crippen LogP contribution is 2.29. The van der Waals surface area contributed by atoms with Gasteiger partial charge in [0.15, 0.2) is 0 Å². The quantitative estimate of drug-likeness (QED) is 0.775. The molecule has 1 saturated heterocycles. The van der Waals surface area contributed by atoms with Crippen LogP contribution in [0.25, 0.3) is 10.9 Å². The number of H-pyrrole nitrogens is 2. The molecule has 0 radical (unpaired) electrons. The molecule has 0 amide bonds. The standard InChI is InChI=1S/C18H22N4/c1-13-10-20-21-18(13)15-5-3-9-22(12-15)11-14-4-2-6-17-16(14)7-8-19-17/h2,4,6-8,10,15,19H,3,5,9,11-12H2,1H3,(H,20,21). The topological polar surface area (TPSA) is 47.7 Å². The van der Waals surface area contributed by atoms with E-state index in [1.165, 1.54) is 47.1 Å². The third-order valence-electron chi connectivity index (χ3n) is 4.86. The molecule has 4 heteroatoms. The summed E-state index contributed by atoms with van der Waals surface area (Å²) in [5, 5.41) is 8.75.